The molecule has 1 saturated heterocycles. The first kappa shape index (κ1) is 28.1. The molecule has 0 radical (unpaired) electrons. The number of nitrogens with zero attached hydrogens (tertiary/aromatic N) is 3. The van der Waals surface area contributed by atoms with Gasteiger partial charge in [-0.05, 0) is 99.1 Å². The number of benzene rings is 2. The topological polar surface area (TPSA) is 69.7 Å². The van der Waals surface area contributed by atoms with Crippen molar-refractivity contribution in [3.8, 4) is 0 Å². The number of aryl methyl sites for hydroxylation is 1. The molecule has 2 atom stereocenters. The number of allylic oxidation sites excluding steroid dienone is 1. The third kappa shape index (κ3) is 5.07. The number of fused-ring (bicyclic) bond motifs is 1. The molecule has 208 valence electrons. The van der Waals surface area contributed by atoms with Crippen molar-refractivity contribution in [2.75, 3.05) is 35.9 Å². The van der Waals surface area contributed by atoms with Gasteiger partial charge in [-0.3, -0.25) is 9.78 Å². The van der Waals surface area contributed by atoms with Gasteiger partial charge < -0.3 is 25.2 Å². The molecule has 3 aromatic rings. The first-order valence-corrected chi connectivity index (χ1v) is 14.0. The molecule has 2 aliphatic heterocycles. The van der Waals surface area contributed by atoms with Crippen molar-refractivity contribution < 1.29 is 9.53 Å². The molecule has 0 bridgehead atoms. The van der Waals surface area contributed by atoms with Gasteiger partial charge in [-0.15, -0.1) is 0 Å². The molecule has 0 unspecified atom stereocenters. The van der Waals surface area contributed by atoms with Crippen molar-refractivity contribution in [3.05, 3.63) is 88.2 Å². The number of hydrogen-bond donors (Lipinski definition) is 2. The normalized spacial score (nSPS) is 19.7. The van der Waals surface area contributed by atoms with Gasteiger partial charge in [-0.25, -0.2) is 0 Å². The Morgan fingerprint density at radius 2 is 1.98 bits per heavy atom. The highest BCUT2D eigenvalue weighted by atomic mass is 35.5. The van der Waals surface area contributed by atoms with Crippen molar-refractivity contribution >= 4 is 57.5 Å². The zero-order valence-corrected chi connectivity index (χ0v) is 25.2. The Labute approximate surface area is 246 Å². The summed E-state index contributed by atoms with van der Waals surface area (Å²) >= 11 is 13.1. The van der Waals surface area contributed by atoms with Crippen molar-refractivity contribution in [1.29, 1.82) is 0 Å². The predicted molar refractivity (Wildman–Crippen MR) is 167 cm³/mol. The average molecular weight is 576 g/mol. The molecular weight excluding hydrogens is 542 g/mol. The van der Waals surface area contributed by atoms with Crippen LogP contribution in [0.25, 0.3) is 5.57 Å². The summed E-state index contributed by atoms with van der Waals surface area (Å²) in [6.45, 7) is 8.50. The number of halogens is 1. The minimum Gasteiger partial charge on any atom is -0.375 e. The van der Waals surface area contributed by atoms with E-state index >= 15 is 0 Å². The summed E-state index contributed by atoms with van der Waals surface area (Å²) in [7, 11) is 3.60. The van der Waals surface area contributed by atoms with Crippen LogP contribution >= 0.6 is 23.8 Å². The van der Waals surface area contributed by atoms with Crippen LogP contribution in [0.15, 0.2) is 60.8 Å². The molecule has 0 aliphatic carbocycles. The zero-order chi connectivity index (χ0) is 28.8. The number of aromatic nitrogens is 1. The van der Waals surface area contributed by atoms with Gasteiger partial charge in [0.1, 0.15) is 6.61 Å². The largest absolute Gasteiger partial charge is 0.375 e. The van der Waals surface area contributed by atoms with Crippen LogP contribution in [0.2, 0.25) is 5.02 Å². The highest BCUT2D eigenvalue weighted by molar-refractivity contribution is 7.80. The van der Waals surface area contributed by atoms with Crippen LogP contribution in [0, 0.1) is 6.92 Å². The van der Waals surface area contributed by atoms with E-state index in [0.717, 1.165) is 39.4 Å². The van der Waals surface area contributed by atoms with Gasteiger partial charge >= 0.3 is 0 Å². The van der Waals surface area contributed by atoms with Gasteiger partial charge in [0.05, 0.1) is 23.3 Å². The van der Waals surface area contributed by atoms with Crippen molar-refractivity contribution in [1.82, 2.24) is 10.3 Å². The van der Waals surface area contributed by atoms with E-state index in [1.54, 1.807) is 6.20 Å². The van der Waals surface area contributed by atoms with Crippen molar-refractivity contribution in [2.45, 2.75) is 45.3 Å². The summed E-state index contributed by atoms with van der Waals surface area (Å²) in [5, 5.41) is 7.66. The number of thiocarbonyl (C=S) groups is 1. The first-order valence-electron chi connectivity index (χ1n) is 13.2. The molecule has 0 spiro atoms. The number of methoxy groups -OCH3 is 1. The molecule has 2 aromatic carbocycles. The van der Waals surface area contributed by atoms with Crippen LogP contribution in [0.5, 0.6) is 0 Å². The fourth-order valence-electron chi connectivity index (χ4n) is 5.62. The number of likely N-dealkylation sites (N-methyl/N-ethyl adjacent to an activating group) is 1. The fourth-order valence-corrected chi connectivity index (χ4v) is 6.23. The lowest BCUT2D eigenvalue weighted by atomic mass is 9.86. The van der Waals surface area contributed by atoms with E-state index in [-0.39, 0.29) is 30.1 Å². The Balaban J connectivity index is 1.63. The quantitative estimate of drug-likeness (QED) is 0.328. The van der Waals surface area contributed by atoms with E-state index in [9.17, 15) is 4.79 Å². The number of anilines is 3. The van der Waals surface area contributed by atoms with Gasteiger partial charge in [-0.2, -0.15) is 0 Å². The predicted octanol–water partition coefficient (Wildman–Crippen LogP) is 6.44. The smallest absolute Gasteiger partial charge is 0.250 e. The fraction of sp³-hybridized carbons (Fsp3) is 0.323. The summed E-state index contributed by atoms with van der Waals surface area (Å²) in [5.41, 5.74) is 7.67. The van der Waals surface area contributed by atoms with Gasteiger partial charge in [0.15, 0.2) is 5.11 Å². The summed E-state index contributed by atoms with van der Waals surface area (Å²) in [6, 6.07) is 15.5. The van der Waals surface area contributed by atoms with E-state index in [1.807, 2.05) is 43.3 Å². The summed E-state index contributed by atoms with van der Waals surface area (Å²) in [6.07, 6.45) is 4.08. The van der Waals surface area contributed by atoms with Gasteiger partial charge in [0, 0.05) is 48.0 Å². The monoisotopic (exact) mass is 575 g/mol. The zero-order valence-electron chi connectivity index (χ0n) is 23.6. The molecule has 2 aliphatic rings. The highest BCUT2D eigenvalue weighted by Crippen LogP contribution is 2.48. The third-order valence-corrected chi connectivity index (χ3v) is 8.43. The number of ether oxygens (including phenoxy) is 1. The maximum Gasteiger partial charge on any atom is 0.250 e. The Kier molecular flexibility index (Phi) is 7.61. The van der Waals surface area contributed by atoms with Crippen LogP contribution in [0.4, 0.5) is 17.1 Å². The number of hydrogen-bond acceptors (Lipinski definition) is 5. The van der Waals surface area contributed by atoms with Gasteiger partial charge in [0.25, 0.3) is 0 Å². The van der Waals surface area contributed by atoms with E-state index in [2.05, 4.69) is 71.4 Å². The lowest BCUT2D eigenvalue weighted by molar-refractivity contribution is -0.119. The third-order valence-electron chi connectivity index (χ3n) is 7.79. The van der Waals surface area contributed by atoms with Crippen LogP contribution in [-0.4, -0.2) is 42.3 Å². The molecule has 40 heavy (non-hydrogen) atoms. The number of rotatable bonds is 6. The van der Waals surface area contributed by atoms with E-state index in [4.69, 9.17) is 28.6 Å². The number of carbonyl (C=O) groups is 1. The van der Waals surface area contributed by atoms with E-state index in [0.29, 0.717) is 10.1 Å². The van der Waals surface area contributed by atoms with Crippen LogP contribution in [0.3, 0.4) is 0 Å². The molecule has 0 saturated carbocycles. The molecule has 1 amide bonds. The second kappa shape index (κ2) is 10.8. The molecule has 1 aromatic heterocycles. The van der Waals surface area contributed by atoms with Gasteiger partial charge in [-0.1, -0.05) is 23.7 Å². The number of pyridine rings is 1. The average Bonchev–Trinajstić information content (AvgIpc) is 3.25. The molecule has 3 heterocycles. The lowest BCUT2D eigenvalue weighted by Crippen LogP contribution is -2.42. The van der Waals surface area contributed by atoms with E-state index in [1.165, 1.54) is 12.7 Å². The Hall–Kier alpha value is -3.46. The summed E-state index contributed by atoms with van der Waals surface area (Å²) < 4.78 is 4.96. The molecular formula is C31H34ClN5O2S. The maximum absolute atomic E-state index is 12.1. The Morgan fingerprint density at radius 3 is 2.65 bits per heavy atom. The molecule has 2 N–H and O–H groups in total. The van der Waals surface area contributed by atoms with E-state index < -0.39 is 0 Å². The Bertz CT molecular complexity index is 1510. The number of nitrogens with one attached hydrogen (secondary N) is 2. The second-order valence-corrected chi connectivity index (χ2v) is 11.7. The number of carbonyl (C=O) groups excluding carboxylic acids is 1. The highest BCUT2D eigenvalue weighted by Gasteiger charge is 2.42. The molecule has 5 rings (SSSR count). The Morgan fingerprint density at radius 1 is 1.20 bits per heavy atom. The summed E-state index contributed by atoms with van der Waals surface area (Å²) in [4.78, 5) is 21.2. The summed E-state index contributed by atoms with van der Waals surface area (Å²) in [5.74, 6) is -0.206. The minimum atomic E-state index is -0.262. The minimum absolute atomic E-state index is 0.00772. The first-order chi connectivity index (χ1) is 19.0. The van der Waals surface area contributed by atoms with Gasteiger partial charge in [0.2, 0.25) is 5.91 Å². The lowest BCUT2D eigenvalue weighted by Gasteiger charge is -2.41. The molecule has 7 nitrogen and oxygen atoms in total. The molecule has 1 fully saturated rings. The maximum atomic E-state index is 12.1. The standard InChI is InChI=1S/C31H34ClN5O2S/c1-18-13-20(10-11-24(18)34-27(38)17-39-6)37-29(28(35-30(37)40)25-9-7-8-12-33-25)22-14-21-19(2)16-31(3,4)36(5)26(21)15-23(22)32/h7-16,28-29H,17H2,1-6H3,(H,34,38)(H,35,40)/t28-,29-/m1/s1. The van der Waals surface area contributed by atoms with Crippen molar-refractivity contribution in [2.24, 2.45) is 0 Å². The van der Waals surface area contributed by atoms with Crippen LogP contribution in [0.1, 0.15) is 55.2 Å². The second-order valence-electron chi connectivity index (χ2n) is 10.9. The van der Waals surface area contributed by atoms with Crippen LogP contribution < -0.4 is 20.4 Å². The molecule has 9 heteroatoms. The SMILES string of the molecule is COCC(=O)Nc1ccc(N2C(=S)N[C@H](c3ccccn3)[C@H]2c2cc3c(cc2Cl)N(C)C(C)(C)C=C3C)cc1C. The number of amides is 1. The van der Waals surface area contributed by atoms with Crippen LogP contribution in [-0.2, 0) is 9.53 Å². The van der Waals surface area contributed by atoms with Crippen molar-refractivity contribution in [3.63, 3.8) is 0 Å².